The molecule has 1 amide bonds. The molecule has 6 nitrogen and oxygen atoms in total. The first-order valence-corrected chi connectivity index (χ1v) is 9.33. The highest BCUT2D eigenvalue weighted by atomic mass is 32.2. The Kier molecular flexibility index (Phi) is 6.17. The third-order valence-corrected chi connectivity index (χ3v) is 5.10. The Labute approximate surface area is 148 Å². The predicted octanol–water partition coefficient (Wildman–Crippen LogP) is 2.31. The van der Waals surface area contributed by atoms with Crippen LogP contribution in [0.5, 0.6) is 5.75 Å². The van der Waals surface area contributed by atoms with Gasteiger partial charge in [0.1, 0.15) is 5.75 Å². The smallest absolute Gasteiger partial charge is 0.251 e. The van der Waals surface area contributed by atoms with Crippen LogP contribution in [-0.4, -0.2) is 27.5 Å². The molecule has 2 aromatic carbocycles. The maximum Gasteiger partial charge on any atom is 0.251 e. The van der Waals surface area contributed by atoms with E-state index in [0.717, 1.165) is 11.3 Å². The van der Waals surface area contributed by atoms with Crippen molar-refractivity contribution >= 4 is 15.9 Å². The zero-order valence-corrected chi connectivity index (χ0v) is 15.3. The zero-order chi connectivity index (χ0) is 18.4. The van der Waals surface area contributed by atoms with Crippen molar-refractivity contribution in [2.75, 3.05) is 7.11 Å². The van der Waals surface area contributed by atoms with Crippen molar-refractivity contribution in [3.8, 4) is 5.75 Å². The zero-order valence-electron chi connectivity index (χ0n) is 14.4. The number of sulfonamides is 1. The summed E-state index contributed by atoms with van der Waals surface area (Å²) in [6, 6.07) is 13.0. The van der Waals surface area contributed by atoms with Gasteiger partial charge in [0.15, 0.2) is 0 Å². The second-order valence-corrected chi connectivity index (χ2v) is 7.55. The van der Waals surface area contributed by atoms with Gasteiger partial charge in [-0.2, -0.15) is 0 Å². The second kappa shape index (κ2) is 8.13. The lowest BCUT2D eigenvalue weighted by molar-refractivity contribution is 0.0951. The summed E-state index contributed by atoms with van der Waals surface area (Å²) in [6.45, 7) is 3.87. The van der Waals surface area contributed by atoms with E-state index in [1.54, 1.807) is 21.0 Å². The van der Waals surface area contributed by atoms with Gasteiger partial charge in [0.25, 0.3) is 5.91 Å². The first-order valence-electron chi connectivity index (χ1n) is 7.85. The minimum atomic E-state index is -3.56. The fourth-order valence-electron chi connectivity index (χ4n) is 2.19. The number of benzene rings is 2. The molecule has 134 valence electrons. The van der Waals surface area contributed by atoms with Gasteiger partial charge in [0.05, 0.1) is 12.0 Å². The molecule has 0 saturated carbocycles. The van der Waals surface area contributed by atoms with Crippen LogP contribution in [0.25, 0.3) is 0 Å². The van der Waals surface area contributed by atoms with E-state index in [1.807, 2.05) is 24.3 Å². The van der Waals surface area contributed by atoms with Gasteiger partial charge in [-0.15, -0.1) is 0 Å². The Morgan fingerprint density at radius 2 is 1.64 bits per heavy atom. The van der Waals surface area contributed by atoms with Crippen LogP contribution in [0.1, 0.15) is 29.8 Å². The minimum Gasteiger partial charge on any atom is -0.497 e. The van der Waals surface area contributed by atoms with Gasteiger partial charge in [-0.3, -0.25) is 4.79 Å². The second-order valence-electron chi connectivity index (χ2n) is 5.83. The third-order valence-electron chi connectivity index (χ3n) is 3.43. The highest BCUT2D eigenvalue weighted by Gasteiger charge is 2.15. The molecule has 0 saturated heterocycles. The molecule has 2 rings (SSSR count). The molecular formula is C18H22N2O4S. The molecule has 0 unspecified atom stereocenters. The minimum absolute atomic E-state index is 0.132. The van der Waals surface area contributed by atoms with Crippen LogP contribution >= 0.6 is 0 Å². The molecular weight excluding hydrogens is 340 g/mol. The van der Waals surface area contributed by atoms with Gasteiger partial charge in [-0.25, -0.2) is 13.1 Å². The van der Waals surface area contributed by atoms with E-state index >= 15 is 0 Å². The van der Waals surface area contributed by atoms with Gasteiger partial charge in [-0.1, -0.05) is 12.1 Å². The van der Waals surface area contributed by atoms with Gasteiger partial charge < -0.3 is 10.1 Å². The maximum absolute atomic E-state index is 12.2. The lowest BCUT2D eigenvalue weighted by Crippen LogP contribution is -2.30. The Morgan fingerprint density at radius 3 is 2.16 bits per heavy atom. The topological polar surface area (TPSA) is 84.5 Å². The van der Waals surface area contributed by atoms with Crippen LogP contribution in [0.4, 0.5) is 0 Å². The standard InChI is InChI=1S/C18H22N2O4S/c1-13(2)20-25(22,23)17-10-6-15(7-11-17)18(21)19-12-14-4-8-16(24-3)9-5-14/h4-11,13,20H,12H2,1-3H3,(H,19,21). The van der Waals surface area contributed by atoms with Crippen molar-refractivity contribution in [2.24, 2.45) is 0 Å². The molecule has 0 aliphatic heterocycles. The van der Waals surface area contributed by atoms with Gasteiger partial charge in [0, 0.05) is 18.2 Å². The van der Waals surface area contributed by atoms with Crippen LogP contribution in [0.3, 0.4) is 0 Å². The fraction of sp³-hybridized carbons (Fsp3) is 0.278. The summed E-state index contributed by atoms with van der Waals surface area (Å²) in [6.07, 6.45) is 0. The first-order chi connectivity index (χ1) is 11.8. The lowest BCUT2D eigenvalue weighted by atomic mass is 10.2. The molecule has 25 heavy (non-hydrogen) atoms. The highest BCUT2D eigenvalue weighted by Crippen LogP contribution is 2.13. The number of amides is 1. The molecule has 0 atom stereocenters. The van der Waals surface area contributed by atoms with Crippen molar-refractivity contribution in [1.82, 2.24) is 10.0 Å². The number of carbonyl (C=O) groups is 1. The predicted molar refractivity (Wildman–Crippen MR) is 96.1 cm³/mol. The molecule has 0 aliphatic carbocycles. The average Bonchev–Trinajstić information content (AvgIpc) is 2.59. The number of carbonyl (C=O) groups excluding carboxylic acids is 1. The molecule has 0 heterocycles. The molecule has 0 aliphatic rings. The number of nitrogens with one attached hydrogen (secondary N) is 2. The molecule has 2 N–H and O–H groups in total. The summed E-state index contributed by atoms with van der Waals surface area (Å²) in [7, 11) is -1.96. The van der Waals surface area contributed by atoms with Crippen LogP contribution in [0, 0.1) is 0 Å². The number of methoxy groups -OCH3 is 1. The number of ether oxygens (including phenoxy) is 1. The van der Waals surface area contributed by atoms with Gasteiger partial charge in [-0.05, 0) is 55.8 Å². The third kappa shape index (κ3) is 5.30. The van der Waals surface area contributed by atoms with Crippen molar-refractivity contribution in [3.05, 3.63) is 59.7 Å². The summed E-state index contributed by atoms with van der Waals surface area (Å²) < 4.78 is 31.7. The summed E-state index contributed by atoms with van der Waals surface area (Å²) in [5.74, 6) is 0.485. The van der Waals surface area contributed by atoms with Gasteiger partial charge in [0.2, 0.25) is 10.0 Å². The fourth-order valence-corrected chi connectivity index (χ4v) is 3.44. The molecule has 7 heteroatoms. The van der Waals surface area contributed by atoms with E-state index in [0.29, 0.717) is 12.1 Å². The van der Waals surface area contributed by atoms with Crippen molar-refractivity contribution in [3.63, 3.8) is 0 Å². The van der Waals surface area contributed by atoms with E-state index in [2.05, 4.69) is 10.0 Å². The monoisotopic (exact) mass is 362 g/mol. The highest BCUT2D eigenvalue weighted by molar-refractivity contribution is 7.89. The summed E-state index contributed by atoms with van der Waals surface area (Å²) in [5.41, 5.74) is 1.34. The van der Waals surface area contributed by atoms with Crippen molar-refractivity contribution < 1.29 is 17.9 Å². The van der Waals surface area contributed by atoms with Crippen LogP contribution in [-0.2, 0) is 16.6 Å². The molecule has 0 radical (unpaired) electrons. The number of hydrogen-bond acceptors (Lipinski definition) is 4. The van der Waals surface area contributed by atoms with Crippen LogP contribution in [0.2, 0.25) is 0 Å². The maximum atomic E-state index is 12.2. The average molecular weight is 362 g/mol. The largest absolute Gasteiger partial charge is 0.497 e. The Hall–Kier alpha value is -2.38. The Bertz CT molecular complexity index is 813. The van der Waals surface area contributed by atoms with Crippen molar-refractivity contribution in [1.29, 1.82) is 0 Å². The van der Waals surface area contributed by atoms with E-state index in [1.165, 1.54) is 24.3 Å². The first kappa shape index (κ1) is 19.0. The number of rotatable bonds is 7. The Morgan fingerprint density at radius 1 is 1.04 bits per heavy atom. The van der Waals surface area contributed by atoms with E-state index < -0.39 is 10.0 Å². The van der Waals surface area contributed by atoms with Crippen LogP contribution < -0.4 is 14.8 Å². The number of hydrogen-bond donors (Lipinski definition) is 2. The molecule has 0 aromatic heterocycles. The van der Waals surface area contributed by atoms with Gasteiger partial charge >= 0.3 is 0 Å². The van der Waals surface area contributed by atoms with Crippen LogP contribution in [0.15, 0.2) is 53.4 Å². The van der Waals surface area contributed by atoms with E-state index in [-0.39, 0.29) is 16.8 Å². The molecule has 0 bridgehead atoms. The van der Waals surface area contributed by atoms with E-state index in [4.69, 9.17) is 4.74 Å². The summed E-state index contributed by atoms with van der Waals surface area (Å²) >= 11 is 0. The molecule has 0 spiro atoms. The van der Waals surface area contributed by atoms with E-state index in [9.17, 15) is 13.2 Å². The normalized spacial score (nSPS) is 11.4. The molecule has 0 fully saturated rings. The molecule has 2 aromatic rings. The Balaban J connectivity index is 2.00. The summed E-state index contributed by atoms with van der Waals surface area (Å²) in [4.78, 5) is 12.3. The SMILES string of the molecule is COc1ccc(CNC(=O)c2ccc(S(=O)(=O)NC(C)C)cc2)cc1. The van der Waals surface area contributed by atoms with Crippen molar-refractivity contribution in [2.45, 2.75) is 31.3 Å². The summed E-state index contributed by atoms with van der Waals surface area (Å²) in [5, 5.41) is 2.80. The quantitative estimate of drug-likeness (QED) is 0.792. The lowest BCUT2D eigenvalue weighted by Gasteiger charge is -2.10.